The zero-order chi connectivity index (χ0) is 19.9. The summed E-state index contributed by atoms with van der Waals surface area (Å²) >= 11 is 1.55. The monoisotopic (exact) mass is 414 g/mol. The average molecular weight is 415 g/mol. The smallest absolute Gasteiger partial charge is 0.233 e. The van der Waals surface area contributed by atoms with Gasteiger partial charge in [0.15, 0.2) is 11.5 Å². The maximum Gasteiger partial charge on any atom is 0.233 e. The Morgan fingerprint density at radius 2 is 1.72 bits per heavy atom. The van der Waals surface area contributed by atoms with Crippen LogP contribution in [0.4, 0.5) is 0 Å². The predicted molar refractivity (Wildman–Crippen MR) is 113 cm³/mol. The number of carbonyl (C=O) groups excluding carboxylic acids is 1. The van der Waals surface area contributed by atoms with E-state index in [1.807, 2.05) is 53.4 Å². The average Bonchev–Trinajstić information content (AvgIpc) is 2.78. The highest BCUT2D eigenvalue weighted by molar-refractivity contribution is 8.00. The van der Waals surface area contributed by atoms with E-state index >= 15 is 0 Å². The van der Waals surface area contributed by atoms with Gasteiger partial charge in [-0.05, 0) is 30.3 Å². The molecule has 154 valence electrons. The highest BCUT2D eigenvalue weighted by Crippen LogP contribution is 2.34. The van der Waals surface area contributed by atoms with Crippen molar-refractivity contribution in [3.8, 4) is 17.2 Å². The van der Waals surface area contributed by atoms with Gasteiger partial charge in [0.25, 0.3) is 0 Å². The molecule has 0 aliphatic carbocycles. The van der Waals surface area contributed by atoms with Crippen LogP contribution in [0.2, 0.25) is 0 Å². The van der Waals surface area contributed by atoms with Gasteiger partial charge in [-0.3, -0.25) is 9.69 Å². The second kappa shape index (κ2) is 9.89. The van der Waals surface area contributed by atoms with Crippen molar-refractivity contribution in [2.24, 2.45) is 0 Å². The van der Waals surface area contributed by atoms with Crippen LogP contribution in [-0.4, -0.2) is 74.0 Å². The molecule has 0 N–H and O–H groups in total. The fraction of sp³-hybridized carbons (Fsp3) is 0.409. The molecule has 0 radical (unpaired) electrons. The first kappa shape index (κ1) is 19.9. The van der Waals surface area contributed by atoms with Crippen LogP contribution in [0, 0.1) is 0 Å². The Kier molecular flexibility index (Phi) is 6.79. The van der Waals surface area contributed by atoms with Gasteiger partial charge in [0.2, 0.25) is 5.91 Å². The van der Waals surface area contributed by atoms with E-state index in [2.05, 4.69) is 4.90 Å². The van der Waals surface area contributed by atoms with E-state index in [4.69, 9.17) is 14.2 Å². The Balaban J connectivity index is 1.16. The number of amides is 1. The number of piperazine rings is 1. The van der Waals surface area contributed by atoms with E-state index in [-0.39, 0.29) is 5.91 Å². The largest absolute Gasteiger partial charge is 0.492 e. The first-order chi connectivity index (χ1) is 14.3. The lowest BCUT2D eigenvalue weighted by atomic mass is 10.3. The fourth-order valence-corrected chi connectivity index (χ4v) is 4.21. The van der Waals surface area contributed by atoms with Crippen molar-refractivity contribution >= 4 is 17.7 Å². The number of nitrogens with zero attached hydrogens (tertiary/aromatic N) is 2. The van der Waals surface area contributed by atoms with Gasteiger partial charge >= 0.3 is 0 Å². The Morgan fingerprint density at radius 1 is 0.966 bits per heavy atom. The zero-order valence-electron chi connectivity index (χ0n) is 16.4. The predicted octanol–water partition coefficient (Wildman–Crippen LogP) is 2.77. The lowest BCUT2D eigenvalue weighted by Crippen LogP contribution is -2.50. The molecule has 0 bridgehead atoms. The quantitative estimate of drug-likeness (QED) is 0.650. The number of benzene rings is 2. The number of hydrogen-bond donors (Lipinski definition) is 0. The van der Waals surface area contributed by atoms with Crippen molar-refractivity contribution in [3.63, 3.8) is 0 Å². The van der Waals surface area contributed by atoms with E-state index in [0.717, 1.165) is 54.9 Å². The van der Waals surface area contributed by atoms with Gasteiger partial charge in [-0.1, -0.05) is 18.2 Å². The normalized spacial score (nSPS) is 16.5. The van der Waals surface area contributed by atoms with Crippen molar-refractivity contribution in [1.29, 1.82) is 0 Å². The Bertz CT molecular complexity index is 810. The molecule has 2 aliphatic rings. The minimum atomic E-state index is 0.185. The molecular formula is C22H26N2O4S. The van der Waals surface area contributed by atoms with Crippen LogP contribution in [-0.2, 0) is 4.79 Å². The van der Waals surface area contributed by atoms with Crippen molar-refractivity contribution in [1.82, 2.24) is 9.80 Å². The van der Waals surface area contributed by atoms with Crippen LogP contribution < -0.4 is 14.2 Å². The molecule has 2 aromatic rings. The summed E-state index contributed by atoms with van der Waals surface area (Å²) in [6.07, 6.45) is 0. The molecule has 1 fully saturated rings. The molecule has 1 amide bonds. The maximum absolute atomic E-state index is 12.6. The first-order valence-corrected chi connectivity index (χ1v) is 11.0. The van der Waals surface area contributed by atoms with Gasteiger partial charge in [0.1, 0.15) is 25.6 Å². The van der Waals surface area contributed by atoms with Crippen LogP contribution in [0.5, 0.6) is 17.2 Å². The third-order valence-electron chi connectivity index (χ3n) is 5.02. The van der Waals surface area contributed by atoms with Crippen molar-refractivity contribution in [2.75, 3.05) is 58.3 Å². The fourth-order valence-electron chi connectivity index (χ4n) is 3.38. The van der Waals surface area contributed by atoms with Gasteiger partial charge < -0.3 is 19.1 Å². The number of thioether (sulfide) groups is 1. The summed E-state index contributed by atoms with van der Waals surface area (Å²) in [4.78, 5) is 17.9. The zero-order valence-corrected chi connectivity index (χ0v) is 17.2. The second-order valence-electron chi connectivity index (χ2n) is 6.98. The Morgan fingerprint density at radius 3 is 2.52 bits per heavy atom. The second-order valence-corrected chi connectivity index (χ2v) is 8.03. The van der Waals surface area contributed by atoms with E-state index in [1.54, 1.807) is 11.8 Å². The molecule has 4 rings (SSSR count). The standard InChI is InChI=1S/C22H26N2O4S/c25-22(17-29-19-6-7-20-21(16-19)28-15-14-27-20)24-10-8-23(9-11-24)12-13-26-18-4-2-1-3-5-18/h1-7,16H,8-15,17H2. The number of para-hydroxylation sites is 1. The van der Waals surface area contributed by atoms with Crippen LogP contribution in [0.1, 0.15) is 0 Å². The summed E-state index contributed by atoms with van der Waals surface area (Å²) in [7, 11) is 0. The minimum Gasteiger partial charge on any atom is -0.492 e. The molecular weight excluding hydrogens is 388 g/mol. The topological polar surface area (TPSA) is 51.2 Å². The molecule has 0 atom stereocenters. The summed E-state index contributed by atoms with van der Waals surface area (Å²) in [6.45, 7) is 6.01. The molecule has 7 heteroatoms. The summed E-state index contributed by atoms with van der Waals surface area (Å²) < 4.78 is 16.9. The van der Waals surface area contributed by atoms with Crippen molar-refractivity contribution in [3.05, 3.63) is 48.5 Å². The molecule has 0 spiro atoms. The van der Waals surface area contributed by atoms with Crippen LogP contribution in [0.25, 0.3) is 0 Å². The number of hydrogen-bond acceptors (Lipinski definition) is 6. The molecule has 0 saturated carbocycles. The van der Waals surface area contributed by atoms with E-state index in [0.29, 0.717) is 25.6 Å². The lowest BCUT2D eigenvalue weighted by Gasteiger charge is -2.34. The summed E-state index contributed by atoms with van der Waals surface area (Å²) in [5.41, 5.74) is 0. The number of fused-ring (bicyclic) bond motifs is 1. The van der Waals surface area contributed by atoms with Gasteiger partial charge in [-0.15, -0.1) is 11.8 Å². The van der Waals surface area contributed by atoms with Crippen molar-refractivity contribution < 1.29 is 19.0 Å². The number of rotatable bonds is 7. The van der Waals surface area contributed by atoms with Crippen LogP contribution in [0.15, 0.2) is 53.4 Å². The Hall–Kier alpha value is -2.38. The SMILES string of the molecule is O=C(CSc1ccc2c(c1)OCCO2)N1CCN(CCOc2ccccc2)CC1. The molecule has 1 saturated heterocycles. The van der Waals surface area contributed by atoms with Gasteiger partial charge in [-0.25, -0.2) is 0 Å². The molecule has 2 aromatic carbocycles. The third kappa shape index (κ3) is 5.58. The van der Waals surface area contributed by atoms with Crippen LogP contribution >= 0.6 is 11.8 Å². The summed E-state index contributed by atoms with van der Waals surface area (Å²) in [6, 6.07) is 15.7. The van der Waals surface area contributed by atoms with Gasteiger partial charge in [0, 0.05) is 37.6 Å². The number of carbonyl (C=O) groups is 1. The Labute approximate surface area is 175 Å². The summed E-state index contributed by atoms with van der Waals surface area (Å²) in [5.74, 6) is 3.07. The molecule has 0 unspecified atom stereocenters. The molecule has 29 heavy (non-hydrogen) atoms. The maximum atomic E-state index is 12.6. The lowest BCUT2D eigenvalue weighted by molar-refractivity contribution is -0.130. The first-order valence-electron chi connectivity index (χ1n) is 9.98. The highest BCUT2D eigenvalue weighted by atomic mass is 32.2. The van der Waals surface area contributed by atoms with Crippen molar-refractivity contribution in [2.45, 2.75) is 4.90 Å². The van der Waals surface area contributed by atoms with E-state index in [1.165, 1.54) is 0 Å². The third-order valence-corrected chi connectivity index (χ3v) is 6.00. The van der Waals surface area contributed by atoms with Crippen LogP contribution in [0.3, 0.4) is 0 Å². The van der Waals surface area contributed by atoms with E-state index < -0.39 is 0 Å². The summed E-state index contributed by atoms with van der Waals surface area (Å²) in [5, 5.41) is 0. The molecule has 2 heterocycles. The molecule has 0 aromatic heterocycles. The molecule has 6 nitrogen and oxygen atoms in total. The van der Waals surface area contributed by atoms with E-state index in [9.17, 15) is 4.79 Å². The van der Waals surface area contributed by atoms with Gasteiger partial charge in [-0.2, -0.15) is 0 Å². The highest BCUT2D eigenvalue weighted by Gasteiger charge is 2.21. The molecule has 2 aliphatic heterocycles. The minimum absolute atomic E-state index is 0.185. The number of ether oxygens (including phenoxy) is 3. The van der Waals surface area contributed by atoms with Gasteiger partial charge in [0.05, 0.1) is 5.75 Å².